The summed E-state index contributed by atoms with van der Waals surface area (Å²) < 4.78 is 7.19. The van der Waals surface area contributed by atoms with Crippen molar-refractivity contribution in [1.82, 2.24) is 13.7 Å². The second-order valence-electron chi connectivity index (χ2n) is 17.0. The molecule has 4 nitrogen and oxygen atoms in total. The molecule has 0 spiro atoms. The van der Waals surface area contributed by atoms with Gasteiger partial charge in [-0.3, -0.25) is 0 Å². The Bertz CT molecular complexity index is 3920. The van der Waals surface area contributed by atoms with Crippen LogP contribution in [0, 0.1) is 0 Å². The molecule has 0 radical (unpaired) electrons. The summed E-state index contributed by atoms with van der Waals surface area (Å²) >= 11 is 1.81. The summed E-state index contributed by atoms with van der Waals surface area (Å²) in [5.41, 5.74) is 14.6. The van der Waals surface area contributed by atoms with Gasteiger partial charge in [0.2, 0.25) is 0 Å². The fourth-order valence-electron chi connectivity index (χ4n) is 10.2. The van der Waals surface area contributed by atoms with Crippen molar-refractivity contribution in [3.05, 3.63) is 255 Å². The maximum atomic E-state index is 4.51. The Balaban J connectivity index is 0.931. The van der Waals surface area contributed by atoms with E-state index < -0.39 is 0 Å². The summed E-state index contributed by atoms with van der Waals surface area (Å²) in [5.74, 6) is 0. The van der Waals surface area contributed by atoms with E-state index in [9.17, 15) is 0 Å². The van der Waals surface area contributed by atoms with Crippen LogP contribution in [0.15, 0.2) is 264 Å². The lowest BCUT2D eigenvalue weighted by Gasteiger charge is -2.28. The molecule has 0 unspecified atom stereocenters. The maximum Gasteiger partial charge on any atom is 0.0542 e. The van der Waals surface area contributed by atoms with Crippen LogP contribution in [0.3, 0.4) is 0 Å². The van der Waals surface area contributed by atoms with E-state index in [1.165, 1.54) is 69.7 Å². The molecule has 12 rings (SSSR count). The molecule has 1 aliphatic heterocycles. The number of allylic oxidation sites excluding steroid dienone is 8. The molecule has 67 heavy (non-hydrogen) atoms. The van der Waals surface area contributed by atoms with Crippen molar-refractivity contribution in [2.75, 3.05) is 4.90 Å². The SMILES string of the molecule is C=C/C1=C(\C=C/C)C/C=C\C=C/C(=C)N1c1cccc(-n2c3ccccc3c3cc(Sc4ccc5c(c4)c4ccccc4n5-c4ccc5c(c4)c4ccccc4n5-c4ccccc4)ccc32)c1. The standard InChI is InChI=1S/C62H46N4S/c1-4-19-43-21-9-6-8-20-42(3)63(56(43)5-2)45-24-18-25-46(38-45)65-58-30-16-13-27-51(58)54-40-48(33-36-61(54)65)67-49-34-37-62-55(41-49)52-28-14-17-31-59(52)66(62)47-32-35-60-53(39-47)50-26-12-15-29-57(50)64(60)44-22-10-7-11-23-44/h4-20,22-41H,2-3,21H2,1H3/b9-6-,19-4-,20-8-,56-43-. The lowest BCUT2D eigenvalue weighted by molar-refractivity contribution is 1.09. The van der Waals surface area contributed by atoms with Crippen molar-refractivity contribution in [2.45, 2.75) is 23.1 Å². The Morgan fingerprint density at radius 2 is 0.955 bits per heavy atom. The van der Waals surface area contributed by atoms with Crippen molar-refractivity contribution in [1.29, 1.82) is 0 Å². The average molecular weight is 879 g/mol. The second kappa shape index (κ2) is 16.6. The predicted molar refractivity (Wildman–Crippen MR) is 287 cm³/mol. The van der Waals surface area contributed by atoms with E-state index in [-0.39, 0.29) is 0 Å². The van der Waals surface area contributed by atoms with Crippen LogP contribution in [0.2, 0.25) is 0 Å². The lowest BCUT2D eigenvalue weighted by Crippen LogP contribution is -2.20. The summed E-state index contributed by atoms with van der Waals surface area (Å²) in [6.45, 7) is 10.8. The summed E-state index contributed by atoms with van der Waals surface area (Å²) in [5, 5.41) is 7.40. The zero-order valence-corrected chi connectivity index (χ0v) is 38.0. The van der Waals surface area contributed by atoms with Gasteiger partial charge in [0.25, 0.3) is 0 Å². The molecular formula is C62H46N4S. The fourth-order valence-corrected chi connectivity index (χ4v) is 11.1. The Labute approximate surface area is 394 Å². The molecule has 1 aliphatic rings. The van der Waals surface area contributed by atoms with Gasteiger partial charge in [-0.05, 0) is 134 Å². The van der Waals surface area contributed by atoms with E-state index in [0.717, 1.165) is 51.6 Å². The van der Waals surface area contributed by atoms with E-state index >= 15 is 0 Å². The van der Waals surface area contributed by atoms with E-state index in [1.54, 1.807) is 0 Å². The molecule has 4 heterocycles. The first-order valence-electron chi connectivity index (χ1n) is 22.8. The summed E-state index contributed by atoms with van der Waals surface area (Å²) in [6, 6.07) is 66.5. The number of hydrogen-bond donors (Lipinski definition) is 0. The fraction of sp³-hybridized carbons (Fsp3) is 0.0323. The third-order valence-corrected chi connectivity index (χ3v) is 14.1. The predicted octanol–water partition coefficient (Wildman–Crippen LogP) is 17.0. The van der Waals surface area contributed by atoms with Crippen molar-refractivity contribution >= 4 is 82.9 Å². The van der Waals surface area contributed by atoms with Crippen LogP contribution in [-0.4, -0.2) is 13.7 Å². The molecular weight excluding hydrogens is 833 g/mol. The lowest BCUT2D eigenvalue weighted by atomic mass is 10.1. The van der Waals surface area contributed by atoms with Gasteiger partial charge < -0.3 is 18.6 Å². The van der Waals surface area contributed by atoms with Gasteiger partial charge in [-0.2, -0.15) is 0 Å². The highest BCUT2D eigenvalue weighted by atomic mass is 32.2. The van der Waals surface area contributed by atoms with Gasteiger partial charge in [-0.15, -0.1) is 0 Å². The van der Waals surface area contributed by atoms with Crippen LogP contribution in [0.25, 0.3) is 82.5 Å². The Hall–Kier alpha value is -8.25. The van der Waals surface area contributed by atoms with E-state index in [4.69, 9.17) is 0 Å². The average Bonchev–Trinajstić information content (AvgIpc) is 4.01. The number of benzene rings is 8. The van der Waals surface area contributed by atoms with E-state index in [2.05, 4.69) is 257 Å². The maximum absolute atomic E-state index is 4.51. The highest BCUT2D eigenvalue weighted by Crippen LogP contribution is 2.42. The molecule has 0 saturated carbocycles. The Kier molecular flexibility index (Phi) is 10.00. The van der Waals surface area contributed by atoms with Gasteiger partial charge in [-0.1, -0.05) is 134 Å². The monoisotopic (exact) mass is 878 g/mol. The van der Waals surface area contributed by atoms with Crippen LogP contribution >= 0.6 is 11.8 Å². The van der Waals surface area contributed by atoms with Gasteiger partial charge in [0.1, 0.15) is 0 Å². The molecule has 3 aromatic heterocycles. The molecule has 0 saturated heterocycles. The van der Waals surface area contributed by atoms with Gasteiger partial charge >= 0.3 is 0 Å². The first-order chi connectivity index (χ1) is 33.1. The Morgan fingerprint density at radius 1 is 0.463 bits per heavy atom. The molecule has 320 valence electrons. The normalized spacial score (nSPS) is 15.6. The van der Waals surface area contributed by atoms with Crippen LogP contribution in [0.5, 0.6) is 0 Å². The molecule has 11 aromatic rings. The summed E-state index contributed by atoms with van der Waals surface area (Å²) in [7, 11) is 0. The molecule has 8 aromatic carbocycles. The number of hydrogen-bond acceptors (Lipinski definition) is 2. The minimum Gasteiger partial charge on any atom is -0.311 e. The quantitative estimate of drug-likeness (QED) is 0.151. The second-order valence-corrected chi connectivity index (χ2v) is 18.2. The van der Waals surface area contributed by atoms with Crippen molar-refractivity contribution in [3.63, 3.8) is 0 Å². The third kappa shape index (κ3) is 6.78. The summed E-state index contributed by atoms with van der Waals surface area (Å²) in [6.07, 6.45) is 15.4. The molecule has 0 atom stereocenters. The van der Waals surface area contributed by atoms with Crippen LogP contribution < -0.4 is 4.90 Å². The Morgan fingerprint density at radius 3 is 1.55 bits per heavy atom. The number of para-hydroxylation sites is 4. The smallest absolute Gasteiger partial charge is 0.0542 e. The molecule has 0 amide bonds. The van der Waals surface area contributed by atoms with Crippen LogP contribution in [0.4, 0.5) is 5.69 Å². The molecule has 0 fully saturated rings. The number of anilines is 1. The zero-order chi connectivity index (χ0) is 45.0. The van der Waals surface area contributed by atoms with Crippen molar-refractivity contribution in [2.24, 2.45) is 0 Å². The first-order valence-corrected chi connectivity index (χ1v) is 23.6. The largest absolute Gasteiger partial charge is 0.311 e. The number of rotatable bonds is 8. The number of aromatic nitrogens is 3. The van der Waals surface area contributed by atoms with Crippen molar-refractivity contribution in [3.8, 4) is 17.1 Å². The molecule has 0 N–H and O–H groups in total. The van der Waals surface area contributed by atoms with Gasteiger partial charge in [-0.25, -0.2) is 0 Å². The topological polar surface area (TPSA) is 18.0 Å². The van der Waals surface area contributed by atoms with Gasteiger partial charge in [0.15, 0.2) is 0 Å². The minimum absolute atomic E-state index is 0.795. The van der Waals surface area contributed by atoms with E-state index in [1.807, 2.05) is 17.8 Å². The molecule has 0 aliphatic carbocycles. The molecule has 5 heteroatoms. The highest BCUT2D eigenvalue weighted by Gasteiger charge is 2.20. The van der Waals surface area contributed by atoms with Crippen LogP contribution in [-0.2, 0) is 0 Å². The van der Waals surface area contributed by atoms with Gasteiger partial charge in [0, 0.05) is 76.3 Å². The zero-order valence-electron chi connectivity index (χ0n) is 37.2. The van der Waals surface area contributed by atoms with Gasteiger partial charge in [0.05, 0.1) is 33.1 Å². The molecule has 0 bridgehead atoms. The highest BCUT2D eigenvalue weighted by molar-refractivity contribution is 7.99. The van der Waals surface area contributed by atoms with Crippen LogP contribution in [0.1, 0.15) is 13.3 Å². The third-order valence-electron chi connectivity index (χ3n) is 13.1. The minimum atomic E-state index is 0.795. The number of fused-ring (bicyclic) bond motifs is 9. The first kappa shape index (κ1) is 40.3. The number of nitrogens with zero attached hydrogens (tertiary/aromatic N) is 4. The summed E-state index contributed by atoms with van der Waals surface area (Å²) in [4.78, 5) is 4.61. The van der Waals surface area contributed by atoms with E-state index in [0.29, 0.717) is 0 Å². The van der Waals surface area contributed by atoms with Crippen molar-refractivity contribution < 1.29 is 0 Å².